The van der Waals surface area contributed by atoms with E-state index >= 15 is 0 Å². The van der Waals surface area contributed by atoms with Gasteiger partial charge in [-0.2, -0.15) is 0 Å². The molecule has 1 aliphatic rings. The summed E-state index contributed by atoms with van der Waals surface area (Å²) in [5, 5.41) is 11.6. The lowest BCUT2D eigenvalue weighted by molar-refractivity contribution is -0.136. The largest absolute Gasteiger partial charge is 0.394 e. The number of piperidine rings is 1. The molecule has 0 spiro atoms. The summed E-state index contributed by atoms with van der Waals surface area (Å²) in [7, 11) is 1.83. The lowest BCUT2D eigenvalue weighted by Crippen LogP contribution is -2.49. The summed E-state index contributed by atoms with van der Waals surface area (Å²) in [5.74, 6) is 0.205. The number of amides is 1. The molecule has 1 atom stereocenters. The molecule has 16 heavy (non-hydrogen) atoms. The minimum atomic E-state index is -0.00731. The Kier molecular flexibility index (Phi) is 6.37. The number of likely N-dealkylation sites (tertiary alicyclic amines) is 1. The van der Waals surface area contributed by atoms with Gasteiger partial charge in [0.25, 0.3) is 0 Å². The van der Waals surface area contributed by atoms with E-state index in [1.807, 2.05) is 11.9 Å². The number of aliphatic hydroxyl groups is 1. The number of aliphatic hydroxyl groups excluding tert-OH is 1. The first-order chi connectivity index (χ1) is 7.79. The number of carbonyl (C=O) groups is 1. The standard InChI is InChI=1S/C11H22N2O3/c1-12-10-4-2-5-13(11(10)15)6-3-8-16-9-7-14/h10,12,14H,2-9H2,1H3. The van der Waals surface area contributed by atoms with Gasteiger partial charge in [-0.25, -0.2) is 0 Å². The lowest BCUT2D eigenvalue weighted by Gasteiger charge is -2.32. The maximum atomic E-state index is 11.9. The van der Waals surface area contributed by atoms with Crippen molar-refractivity contribution in [2.24, 2.45) is 0 Å². The number of hydrogen-bond donors (Lipinski definition) is 2. The van der Waals surface area contributed by atoms with Crippen molar-refractivity contribution in [2.75, 3.05) is 40.0 Å². The maximum Gasteiger partial charge on any atom is 0.239 e. The molecule has 5 heteroatoms. The van der Waals surface area contributed by atoms with Gasteiger partial charge in [0.2, 0.25) is 5.91 Å². The zero-order valence-electron chi connectivity index (χ0n) is 9.95. The zero-order valence-corrected chi connectivity index (χ0v) is 9.95. The van der Waals surface area contributed by atoms with Crippen LogP contribution in [0.3, 0.4) is 0 Å². The molecule has 0 radical (unpaired) electrons. The molecule has 0 aromatic carbocycles. The second kappa shape index (κ2) is 7.60. The van der Waals surface area contributed by atoms with Crippen molar-refractivity contribution in [3.63, 3.8) is 0 Å². The third-order valence-corrected chi connectivity index (χ3v) is 2.83. The molecule has 1 unspecified atom stereocenters. The number of ether oxygens (including phenoxy) is 1. The fourth-order valence-corrected chi connectivity index (χ4v) is 1.95. The van der Waals surface area contributed by atoms with Gasteiger partial charge in [0.05, 0.1) is 19.3 Å². The van der Waals surface area contributed by atoms with Crippen LogP contribution in [0.15, 0.2) is 0 Å². The first-order valence-corrected chi connectivity index (χ1v) is 5.94. The molecule has 1 aliphatic heterocycles. The summed E-state index contributed by atoms with van der Waals surface area (Å²) in [5.41, 5.74) is 0. The molecule has 1 heterocycles. The van der Waals surface area contributed by atoms with Crippen LogP contribution in [-0.2, 0) is 9.53 Å². The molecule has 0 aliphatic carbocycles. The van der Waals surface area contributed by atoms with Crippen LogP contribution < -0.4 is 5.32 Å². The normalized spacial score (nSPS) is 21.5. The van der Waals surface area contributed by atoms with Gasteiger partial charge in [-0.3, -0.25) is 4.79 Å². The zero-order chi connectivity index (χ0) is 11.8. The Balaban J connectivity index is 2.17. The predicted molar refractivity (Wildman–Crippen MR) is 61.2 cm³/mol. The van der Waals surface area contributed by atoms with Crippen molar-refractivity contribution >= 4 is 5.91 Å². The van der Waals surface area contributed by atoms with Gasteiger partial charge in [0, 0.05) is 19.7 Å². The van der Waals surface area contributed by atoms with E-state index in [0.29, 0.717) is 13.2 Å². The molecule has 1 saturated heterocycles. The summed E-state index contributed by atoms with van der Waals surface area (Å²) in [6, 6.07) is -0.00731. The van der Waals surface area contributed by atoms with Crippen LogP contribution in [-0.4, -0.2) is 61.9 Å². The summed E-state index contributed by atoms with van der Waals surface area (Å²) >= 11 is 0. The lowest BCUT2D eigenvalue weighted by atomic mass is 10.0. The Morgan fingerprint density at radius 1 is 1.56 bits per heavy atom. The van der Waals surface area contributed by atoms with Crippen molar-refractivity contribution in [1.82, 2.24) is 10.2 Å². The first kappa shape index (κ1) is 13.4. The Morgan fingerprint density at radius 3 is 3.06 bits per heavy atom. The van der Waals surface area contributed by atoms with Crippen LogP contribution in [0.5, 0.6) is 0 Å². The first-order valence-electron chi connectivity index (χ1n) is 5.94. The molecule has 94 valence electrons. The maximum absolute atomic E-state index is 11.9. The molecule has 1 amide bonds. The van der Waals surface area contributed by atoms with Crippen LogP contribution in [0.1, 0.15) is 19.3 Å². The number of nitrogens with one attached hydrogen (secondary N) is 1. The molecule has 0 saturated carbocycles. The van der Waals surface area contributed by atoms with E-state index in [1.54, 1.807) is 0 Å². The van der Waals surface area contributed by atoms with Gasteiger partial charge in [-0.05, 0) is 26.3 Å². The highest BCUT2D eigenvalue weighted by molar-refractivity contribution is 5.82. The SMILES string of the molecule is CNC1CCCN(CCCOCCO)C1=O. The van der Waals surface area contributed by atoms with E-state index in [0.717, 1.165) is 32.4 Å². The number of carbonyl (C=O) groups excluding carboxylic acids is 1. The smallest absolute Gasteiger partial charge is 0.239 e. The van der Waals surface area contributed by atoms with E-state index in [2.05, 4.69) is 5.32 Å². The highest BCUT2D eigenvalue weighted by Gasteiger charge is 2.26. The van der Waals surface area contributed by atoms with Gasteiger partial charge in [-0.15, -0.1) is 0 Å². The van der Waals surface area contributed by atoms with Crippen molar-refractivity contribution in [3.05, 3.63) is 0 Å². The van der Waals surface area contributed by atoms with Crippen molar-refractivity contribution in [3.8, 4) is 0 Å². The molecule has 1 fully saturated rings. The molecular formula is C11H22N2O3. The Labute approximate surface area is 96.8 Å². The highest BCUT2D eigenvalue weighted by atomic mass is 16.5. The van der Waals surface area contributed by atoms with Gasteiger partial charge >= 0.3 is 0 Å². The molecule has 2 N–H and O–H groups in total. The van der Waals surface area contributed by atoms with Crippen LogP contribution >= 0.6 is 0 Å². The van der Waals surface area contributed by atoms with E-state index < -0.39 is 0 Å². The summed E-state index contributed by atoms with van der Waals surface area (Å²) < 4.78 is 5.16. The molecule has 0 aromatic rings. The monoisotopic (exact) mass is 230 g/mol. The topological polar surface area (TPSA) is 61.8 Å². The Hall–Kier alpha value is -0.650. The number of likely N-dealkylation sites (N-methyl/N-ethyl adjacent to an activating group) is 1. The minimum absolute atomic E-state index is 0.00731. The average Bonchev–Trinajstić information content (AvgIpc) is 2.31. The molecular weight excluding hydrogens is 208 g/mol. The minimum Gasteiger partial charge on any atom is -0.394 e. The molecule has 5 nitrogen and oxygen atoms in total. The fourth-order valence-electron chi connectivity index (χ4n) is 1.95. The van der Waals surface area contributed by atoms with Crippen molar-refractivity contribution in [2.45, 2.75) is 25.3 Å². The van der Waals surface area contributed by atoms with Crippen LogP contribution in [0.4, 0.5) is 0 Å². The van der Waals surface area contributed by atoms with Crippen LogP contribution in [0.2, 0.25) is 0 Å². The van der Waals surface area contributed by atoms with Crippen molar-refractivity contribution < 1.29 is 14.6 Å². The van der Waals surface area contributed by atoms with E-state index in [9.17, 15) is 4.79 Å². The highest BCUT2D eigenvalue weighted by Crippen LogP contribution is 2.11. The second-order valence-electron chi connectivity index (χ2n) is 4.00. The van der Waals surface area contributed by atoms with E-state index in [-0.39, 0.29) is 18.6 Å². The quantitative estimate of drug-likeness (QED) is 0.584. The Morgan fingerprint density at radius 2 is 2.38 bits per heavy atom. The third kappa shape index (κ3) is 4.08. The number of nitrogens with zero attached hydrogens (tertiary/aromatic N) is 1. The predicted octanol–water partition coefficient (Wildman–Crippen LogP) is -0.404. The summed E-state index contributed by atoms with van der Waals surface area (Å²) in [4.78, 5) is 13.8. The summed E-state index contributed by atoms with van der Waals surface area (Å²) in [6.07, 6.45) is 2.84. The van der Waals surface area contributed by atoms with Gasteiger partial charge in [0.1, 0.15) is 0 Å². The average molecular weight is 230 g/mol. The van der Waals surface area contributed by atoms with Gasteiger partial charge in [-0.1, -0.05) is 0 Å². The fraction of sp³-hybridized carbons (Fsp3) is 0.909. The van der Waals surface area contributed by atoms with E-state index in [1.165, 1.54) is 0 Å². The second-order valence-corrected chi connectivity index (χ2v) is 4.00. The van der Waals surface area contributed by atoms with Crippen LogP contribution in [0, 0.1) is 0 Å². The van der Waals surface area contributed by atoms with Gasteiger partial charge < -0.3 is 20.1 Å². The summed E-state index contributed by atoms with van der Waals surface area (Å²) in [6.45, 7) is 2.66. The number of rotatable bonds is 7. The molecule has 0 aromatic heterocycles. The van der Waals surface area contributed by atoms with Crippen LogP contribution in [0.25, 0.3) is 0 Å². The van der Waals surface area contributed by atoms with Gasteiger partial charge in [0.15, 0.2) is 0 Å². The Bertz CT molecular complexity index is 211. The number of hydrogen-bond acceptors (Lipinski definition) is 4. The molecule has 0 bridgehead atoms. The van der Waals surface area contributed by atoms with Crippen molar-refractivity contribution in [1.29, 1.82) is 0 Å². The van der Waals surface area contributed by atoms with E-state index in [4.69, 9.17) is 9.84 Å². The third-order valence-electron chi connectivity index (χ3n) is 2.83. The molecule has 1 rings (SSSR count).